The Morgan fingerprint density at radius 2 is 1.64 bits per heavy atom. The molecule has 0 saturated heterocycles. The van der Waals surface area contributed by atoms with Crippen molar-refractivity contribution < 1.29 is 91.5 Å². The number of anilines is 1. The van der Waals surface area contributed by atoms with Gasteiger partial charge in [0.25, 0.3) is 0 Å². The van der Waals surface area contributed by atoms with E-state index in [4.69, 9.17) is 10.5 Å². The molecular weight excluding hydrogens is 566 g/mol. The average Bonchev–Trinajstić information content (AvgIpc) is 2.86. The molecule has 0 heterocycles. The maximum absolute atomic E-state index is 11.8. The molecule has 0 amide bonds. The molecule has 0 spiro atoms. The Balaban J connectivity index is 0.00000267. The van der Waals surface area contributed by atoms with Gasteiger partial charge in [-0.15, -0.1) is 0 Å². The number of benzene rings is 4. The molecule has 0 radical (unpaired) electrons. The van der Waals surface area contributed by atoms with Crippen LogP contribution in [0.1, 0.15) is 5.56 Å². The monoisotopic (exact) mass is 584 g/mol. The second-order valence-corrected chi connectivity index (χ2v) is 9.71. The minimum atomic E-state index is -4.83. The van der Waals surface area contributed by atoms with Gasteiger partial charge in [-0.3, -0.25) is 5.04 Å². The predicted molar refractivity (Wildman–Crippen MR) is 135 cm³/mol. The van der Waals surface area contributed by atoms with Crippen molar-refractivity contribution in [2.45, 2.75) is 16.7 Å². The van der Waals surface area contributed by atoms with Crippen molar-refractivity contribution in [1.82, 2.24) is 0 Å². The van der Waals surface area contributed by atoms with Gasteiger partial charge in [0, 0.05) is 16.0 Å². The zero-order valence-corrected chi connectivity index (χ0v) is 26.7. The number of hydrogen-bond donors (Lipinski definition) is 1. The number of fused-ring (bicyclic) bond motifs is 1. The van der Waals surface area contributed by atoms with Gasteiger partial charge < -0.3 is 20.3 Å². The number of aryl methyl sites for hydroxylation is 1. The fraction of sp³-hybridized carbons (Fsp3) is 0.0417. The fourth-order valence-corrected chi connectivity index (χ4v) is 4.56. The molecule has 0 fully saturated rings. The Labute approximate surface area is 272 Å². The van der Waals surface area contributed by atoms with Gasteiger partial charge in [-0.25, -0.2) is 13.4 Å². The minimum Gasteiger partial charge on any atom is -0.744 e. The Kier molecular flexibility index (Phi) is 13.0. The van der Waals surface area contributed by atoms with Crippen LogP contribution < -0.4 is 74.8 Å². The third kappa shape index (κ3) is 9.35. The van der Waals surface area contributed by atoms with Crippen molar-refractivity contribution in [2.24, 2.45) is 15.2 Å². The molecule has 2 N–H and O–H groups in total. The predicted octanol–water partition coefficient (Wildman–Crippen LogP) is -0.973. The summed E-state index contributed by atoms with van der Waals surface area (Å²) >= 11 is 0.480. The average molecular weight is 585 g/mol. The summed E-state index contributed by atoms with van der Waals surface area (Å²) in [7, 11) is -4.83. The summed E-state index contributed by atoms with van der Waals surface area (Å²) in [6.45, 7) is 1.90. The van der Waals surface area contributed by atoms with Crippen LogP contribution in [0.25, 0.3) is 10.8 Å². The van der Waals surface area contributed by atoms with Crippen LogP contribution in [0.5, 0.6) is 5.75 Å². The molecule has 11 nitrogen and oxygen atoms in total. The van der Waals surface area contributed by atoms with Crippen LogP contribution in [0.2, 0.25) is 0 Å². The zero-order valence-electron chi connectivity index (χ0n) is 21.1. The normalized spacial score (nSPS) is 11.5. The number of nitrogen functional groups attached to an aromatic ring is 1. The maximum atomic E-state index is 11.8. The van der Waals surface area contributed by atoms with Gasteiger partial charge in [0.1, 0.15) is 15.9 Å². The molecule has 0 aliphatic rings. The quantitative estimate of drug-likeness (QED) is 0.0299. The Bertz CT molecular complexity index is 1600. The summed E-state index contributed by atoms with van der Waals surface area (Å²) < 4.78 is 45.1. The number of ether oxygens (including phenoxy) is 1. The van der Waals surface area contributed by atoms with Crippen LogP contribution in [0, 0.1) is 6.92 Å². The van der Waals surface area contributed by atoms with Crippen LogP contribution >= 0.6 is 12.0 Å². The summed E-state index contributed by atoms with van der Waals surface area (Å²) in [5, 5.41) is 22.3. The Morgan fingerprint density at radius 3 is 2.31 bits per heavy atom. The third-order valence-electron chi connectivity index (χ3n) is 5.02. The maximum Gasteiger partial charge on any atom is 1.00 e. The number of nitrogens with two attached hydrogens (primary N) is 1. The van der Waals surface area contributed by atoms with E-state index in [-0.39, 0.29) is 69.4 Å². The van der Waals surface area contributed by atoms with Gasteiger partial charge in [-0.05, 0) is 84.6 Å². The van der Waals surface area contributed by atoms with Crippen molar-refractivity contribution in [3.63, 3.8) is 0 Å². The van der Waals surface area contributed by atoms with Crippen LogP contribution in [-0.2, 0) is 19.5 Å². The molecule has 4 rings (SSSR count). The fourth-order valence-electron chi connectivity index (χ4n) is 3.32. The van der Waals surface area contributed by atoms with E-state index in [2.05, 4.69) is 24.6 Å². The molecule has 0 aliphatic heterocycles. The summed E-state index contributed by atoms with van der Waals surface area (Å²) in [5.41, 5.74) is 8.99. The van der Waals surface area contributed by atoms with Gasteiger partial charge in [0.2, 0.25) is 0 Å². The van der Waals surface area contributed by atoms with Gasteiger partial charge in [-0.1, -0.05) is 6.07 Å². The first-order chi connectivity index (χ1) is 17.7. The SMILES string of the molecule is Cc1cc(N)ccc1N=Nc1ccc(OC=Nc2ccc3cc(SOO[O-])cc(S(=O)(=O)[O-])c3c2)cc1.[Na+].[Na+]. The van der Waals surface area contributed by atoms with Crippen molar-refractivity contribution in [2.75, 3.05) is 5.73 Å². The molecule has 39 heavy (non-hydrogen) atoms. The molecule has 0 aromatic heterocycles. The summed E-state index contributed by atoms with van der Waals surface area (Å²) in [6.07, 6.45) is 1.18. The summed E-state index contributed by atoms with van der Waals surface area (Å²) in [4.78, 5) is 3.89. The van der Waals surface area contributed by atoms with Crippen LogP contribution in [0.3, 0.4) is 0 Å². The van der Waals surface area contributed by atoms with Crippen molar-refractivity contribution in [1.29, 1.82) is 0 Å². The molecule has 0 atom stereocenters. The molecule has 0 unspecified atom stereocenters. The molecule has 4 aromatic rings. The van der Waals surface area contributed by atoms with Crippen LogP contribution in [-0.4, -0.2) is 19.4 Å². The molecule has 0 bridgehead atoms. The second kappa shape index (κ2) is 15.2. The Morgan fingerprint density at radius 1 is 0.923 bits per heavy atom. The Hall–Kier alpha value is -1.85. The summed E-state index contributed by atoms with van der Waals surface area (Å²) in [6, 6.07) is 19.4. The first-order valence-electron chi connectivity index (χ1n) is 10.5. The van der Waals surface area contributed by atoms with Crippen LogP contribution in [0.4, 0.5) is 22.7 Å². The zero-order chi connectivity index (χ0) is 26.4. The number of azo groups is 1. The van der Waals surface area contributed by atoms with E-state index in [0.717, 1.165) is 11.6 Å². The molecule has 190 valence electrons. The van der Waals surface area contributed by atoms with E-state index < -0.39 is 15.0 Å². The van der Waals surface area contributed by atoms with E-state index >= 15 is 0 Å². The smallest absolute Gasteiger partial charge is 0.744 e. The van der Waals surface area contributed by atoms with Crippen molar-refractivity contribution in [3.8, 4) is 5.75 Å². The van der Waals surface area contributed by atoms with Crippen molar-refractivity contribution >= 4 is 62.1 Å². The molecule has 4 aromatic carbocycles. The third-order valence-corrected chi connectivity index (χ3v) is 6.45. The largest absolute Gasteiger partial charge is 1.00 e. The van der Waals surface area contributed by atoms with E-state index in [0.29, 0.717) is 45.9 Å². The van der Waals surface area contributed by atoms with E-state index in [9.17, 15) is 18.2 Å². The number of nitrogens with zero attached hydrogens (tertiary/aromatic N) is 3. The molecule has 15 heteroatoms. The number of rotatable bonds is 9. The first kappa shape index (κ1) is 33.4. The number of hydrogen-bond acceptors (Lipinski definition) is 12. The molecule has 0 aliphatic carbocycles. The molecular formula is C24H18N4Na2O7S2. The van der Waals surface area contributed by atoms with E-state index in [1.807, 2.05) is 13.0 Å². The number of aliphatic imine (C=N–C) groups is 1. The van der Waals surface area contributed by atoms with Crippen LogP contribution in [0.15, 0.2) is 97.8 Å². The molecule has 0 saturated carbocycles. The van der Waals surface area contributed by atoms with Crippen molar-refractivity contribution in [3.05, 3.63) is 78.4 Å². The van der Waals surface area contributed by atoms with Gasteiger partial charge >= 0.3 is 59.1 Å². The standard InChI is InChI=1S/C24H20N4O7S2.2Na/c1-15-10-17(25)3-9-23(15)28-27-18-5-7-20(8-6-18)33-14-26-19-4-2-16-11-21(36-35-34-29)13-24(22(16)12-19)37(30,31)32;;/h2-14,29H,25H2,1H3,(H,30,31,32);;/q;2*+1/p-2. The van der Waals surface area contributed by atoms with E-state index in [1.165, 1.54) is 18.5 Å². The van der Waals surface area contributed by atoms with Gasteiger partial charge in [0.15, 0.2) is 6.40 Å². The minimum absolute atomic E-state index is 0. The van der Waals surface area contributed by atoms with E-state index in [1.54, 1.807) is 48.5 Å². The topological polar surface area (TPSA) is 171 Å². The van der Waals surface area contributed by atoms with Gasteiger partial charge in [-0.2, -0.15) is 14.6 Å². The summed E-state index contributed by atoms with van der Waals surface area (Å²) in [5.74, 6) is 0.484. The second-order valence-electron chi connectivity index (χ2n) is 7.59. The first-order valence-corrected chi connectivity index (χ1v) is 12.6. The van der Waals surface area contributed by atoms with Gasteiger partial charge in [0.05, 0.1) is 34.0 Å².